The van der Waals surface area contributed by atoms with Gasteiger partial charge >= 0.3 is 0 Å². The normalized spacial score (nSPS) is 10.3. The lowest BCUT2D eigenvalue weighted by Gasteiger charge is -2.12. The third kappa shape index (κ3) is 4.13. The Morgan fingerprint density at radius 3 is 2.62 bits per heavy atom. The summed E-state index contributed by atoms with van der Waals surface area (Å²) < 4.78 is 0. The lowest BCUT2D eigenvalue weighted by molar-refractivity contribution is -0.114. The summed E-state index contributed by atoms with van der Waals surface area (Å²) in [5.74, 6) is -0.0791. The van der Waals surface area contributed by atoms with E-state index in [0.717, 1.165) is 22.5 Å². The lowest BCUT2D eigenvalue weighted by atomic mass is 10.1. The molecule has 110 valence electrons. The van der Waals surface area contributed by atoms with Crippen LogP contribution in [-0.4, -0.2) is 5.91 Å². The summed E-state index contributed by atoms with van der Waals surface area (Å²) in [4.78, 5) is 11.1. The van der Waals surface area contributed by atoms with Gasteiger partial charge in [-0.1, -0.05) is 35.3 Å². The van der Waals surface area contributed by atoms with E-state index < -0.39 is 0 Å². The summed E-state index contributed by atoms with van der Waals surface area (Å²) in [6, 6.07) is 11.3. The zero-order valence-electron chi connectivity index (χ0n) is 11.8. The van der Waals surface area contributed by atoms with Crippen LogP contribution >= 0.6 is 23.2 Å². The molecule has 0 aromatic heterocycles. The van der Waals surface area contributed by atoms with Crippen LogP contribution in [0.25, 0.3) is 0 Å². The summed E-state index contributed by atoms with van der Waals surface area (Å²) in [7, 11) is 0. The van der Waals surface area contributed by atoms with Gasteiger partial charge in [0.25, 0.3) is 0 Å². The molecule has 0 radical (unpaired) electrons. The third-order valence-electron chi connectivity index (χ3n) is 3.05. The molecule has 0 bridgehead atoms. The van der Waals surface area contributed by atoms with E-state index in [-0.39, 0.29) is 5.91 Å². The van der Waals surface area contributed by atoms with Crippen molar-refractivity contribution in [3.63, 3.8) is 0 Å². The first-order valence-electron chi connectivity index (χ1n) is 6.52. The number of hydrogen-bond donors (Lipinski definition) is 2. The van der Waals surface area contributed by atoms with E-state index in [4.69, 9.17) is 23.2 Å². The Morgan fingerprint density at radius 2 is 1.95 bits per heavy atom. The first-order valence-corrected chi connectivity index (χ1v) is 7.28. The molecule has 2 aromatic rings. The van der Waals surface area contributed by atoms with Gasteiger partial charge in [-0.2, -0.15) is 0 Å². The molecular formula is C16H16Cl2N2O. The number of hydrogen-bond acceptors (Lipinski definition) is 2. The molecule has 2 N–H and O–H groups in total. The Labute approximate surface area is 134 Å². The van der Waals surface area contributed by atoms with Crippen molar-refractivity contribution in [3.8, 4) is 0 Å². The third-order valence-corrected chi connectivity index (χ3v) is 3.91. The average Bonchev–Trinajstić information content (AvgIpc) is 2.43. The minimum atomic E-state index is -0.0791. The monoisotopic (exact) mass is 322 g/mol. The van der Waals surface area contributed by atoms with Crippen molar-refractivity contribution in [2.24, 2.45) is 0 Å². The molecule has 0 aliphatic rings. The molecule has 0 fully saturated rings. The summed E-state index contributed by atoms with van der Waals surface area (Å²) in [6.45, 7) is 4.02. The van der Waals surface area contributed by atoms with Crippen LogP contribution in [0.4, 0.5) is 11.4 Å². The number of halogens is 2. The highest BCUT2D eigenvalue weighted by molar-refractivity contribution is 6.42. The van der Waals surface area contributed by atoms with Crippen molar-refractivity contribution in [1.82, 2.24) is 0 Å². The molecule has 0 atom stereocenters. The van der Waals surface area contributed by atoms with Gasteiger partial charge in [-0.3, -0.25) is 4.79 Å². The molecule has 0 saturated heterocycles. The van der Waals surface area contributed by atoms with E-state index in [0.29, 0.717) is 16.6 Å². The summed E-state index contributed by atoms with van der Waals surface area (Å²) in [6.07, 6.45) is 0. The minimum absolute atomic E-state index is 0.0791. The van der Waals surface area contributed by atoms with Gasteiger partial charge in [-0.15, -0.1) is 0 Å². The molecule has 0 spiro atoms. The predicted octanol–water partition coefficient (Wildman–Crippen LogP) is 4.87. The fourth-order valence-electron chi connectivity index (χ4n) is 1.99. The predicted molar refractivity (Wildman–Crippen MR) is 89.3 cm³/mol. The quantitative estimate of drug-likeness (QED) is 0.842. The number of carbonyl (C=O) groups is 1. The zero-order valence-corrected chi connectivity index (χ0v) is 13.3. The summed E-state index contributed by atoms with van der Waals surface area (Å²) >= 11 is 12.1. The minimum Gasteiger partial charge on any atom is -0.381 e. The van der Waals surface area contributed by atoms with E-state index in [9.17, 15) is 4.79 Å². The van der Waals surface area contributed by atoms with Gasteiger partial charge in [0.2, 0.25) is 5.91 Å². The lowest BCUT2D eigenvalue weighted by Crippen LogP contribution is -2.07. The second-order valence-corrected chi connectivity index (χ2v) is 5.56. The van der Waals surface area contributed by atoms with Crippen molar-refractivity contribution in [2.45, 2.75) is 20.4 Å². The van der Waals surface area contributed by atoms with Crippen LogP contribution < -0.4 is 10.6 Å². The van der Waals surface area contributed by atoms with Gasteiger partial charge in [-0.25, -0.2) is 0 Å². The maximum absolute atomic E-state index is 11.1. The largest absolute Gasteiger partial charge is 0.381 e. The molecule has 0 aliphatic carbocycles. The molecule has 0 saturated carbocycles. The Balaban J connectivity index is 2.08. The zero-order chi connectivity index (χ0) is 15.4. The Morgan fingerprint density at radius 1 is 1.19 bits per heavy atom. The number of anilines is 2. The molecule has 0 aliphatic heterocycles. The maximum atomic E-state index is 11.1. The van der Waals surface area contributed by atoms with Gasteiger partial charge in [0.1, 0.15) is 0 Å². The van der Waals surface area contributed by atoms with Crippen LogP contribution in [0.1, 0.15) is 18.1 Å². The van der Waals surface area contributed by atoms with Gasteiger partial charge in [0.15, 0.2) is 0 Å². The fraction of sp³-hybridized carbons (Fsp3) is 0.188. The molecule has 2 rings (SSSR count). The Hall–Kier alpha value is -1.71. The highest BCUT2D eigenvalue weighted by Gasteiger charge is 2.05. The average molecular weight is 323 g/mol. The fourth-order valence-corrected chi connectivity index (χ4v) is 2.37. The maximum Gasteiger partial charge on any atom is 0.221 e. The Bertz CT molecular complexity index is 671. The molecule has 0 unspecified atom stereocenters. The number of amides is 1. The van der Waals surface area contributed by atoms with E-state index in [1.807, 2.05) is 37.3 Å². The van der Waals surface area contributed by atoms with Crippen molar-refractivity contribution in [3.05, 3.63) is 57.6 Å². The van der Waals surface area contributed by atoms with Crippen LogP contribution in [0.15, 0.2) is 36.4 Å². The van der Waals surface area contributed by atoms with Gasteiger partial charge < -0.3 is 10.6 Å². The van der Waals surface area contributed by atoms with Crippen molar-refractivity contribution in [2.75, 3.05) is 10.6 Å². The number of rotatable bonds is 4. The standard InChI is InChI=1S/C16H16Cl2N2O/c1-10-8-13(6-7-15(10)20-11(2)21)19-9-12-4-3-5-14(17)16(12)18/h3-8,19H,9H2,1-2H3,(H,20,21). The van der Waals surface area contributed by atoms with Gasteiger partial charge in [-0.05, 0) is 42.3 Å². The SMILES string of the molecule is CC(=O)Nc1ccc(NCc2cccc(Cl)c2Cl)cc1C. The van der Waals surface area contributed by atoms with Gasteiger partial charge in [0, 0.05) is 24.8 Å². The van der Waals surface area contributed by atoms with E-state index in [2.05, 4.69) is 10.6 Å². The smallest absolute Gasteiger partial charge is 0.221 e. The van der Waals surface area contributed by atoms with E-state index >= 15 is 0 Å². The van der Waals surface area contributed by atoms with Crippen LogP contribution in [0.3, 0.4) is 0 Å². The first-order chi connectivity index (χ1) is 9.97. The van der Waals surface area contributed by atoms with Crippen molar-refractivity contribution < 1.29 is 4.79 Å². The second kappa shape index (κ2) is 6.83. The molecule has 0 heterocycles. The van der Waals surface area contributed by atoms with Crippen molar-refractivity contribution >= 4 is 40.5 Å². The number of aryl methyl sites for hydroxylation is 1. The van der Waals surface area contributed by atoms with Crippen LogP contribution in [-0.2, 0) is 11.3 Å². The summed E-state index contributed by atoms with van der Waals surface area (Å²) in [5.41, 5.74) is 3.70. The number of benzene rings is 2. The highest BCUT2D eigenvalue weighted by Crippen LogP contribution is 2.26. The second-order valence-electron chi connectivity index (χ2n) is 4.78. The molecule has 5 heteroatoms. The molecule has 21 heavy (non-hydrogen) atoms. The first kappa shape index (κ1) is 15.7. The Kier molecular flexibility index (Phi) is 5.10. The van der Waals surface area contributed by atoms with E-state index in [1.54, 1.807) is 6.07 Å². The van der Waals surface area contributed by atoms with Crippen LogP contribution in [0.5, 0.6) is 0 Å². The van der Waals surface area contributed by atoms with Gasteiger partial charge in [0.05, 0.1) is 10.0 Å². The molecule has 2 aromatic carbocycles. The molecule has 3 nitrogen and oxygen atoms in total. The number of nitrogens with one attached hydrogen (secondary N) is 2. The summed E-state index contributed by atoms with van der Waals surface area (Å²) in [5, 5.41) is 7.20. The van der Waals surface area contributed by atoms with Crippen LogP contribution in [0.2, 0.25) is 10.0 Å². The highest BCUT2D eigenvalue weighted by atomic mass is 35.5. The number of carbonyl (C=O) groups excluding carboxylic acids is 1. The molecule has 1 amide bonds. The van der Waals surface area contributed by atoms with Crippen molar-refractivity contribution in [1.29, 1.82) is 0 Å². The van der Waals surface area contributed by atoms with E-state index in [1.165, 1.54) is 6.92 Å². The van der Waals surface area contributed by atoms with Crippen LogP contribution in [0, 0.1) is 6.92 Å². The topological polar surface area (TPSA) is 41.1 Å². The molecular weight excluding hydrogens is 307 g/mol.